The van der Waals surface area contributed by atoms with Crippen molar-refractivity contribution in [3.05, 3.63) is 29.3 Å². The predicted octanol–water partition coefficient (Wildman–Crippen LogP) is 3.29. The van der Waals surface area contributed by atoms with Crippen LogP contribution in [0.15, 0.2) is 18.2 Å². The molecule has 0 bridgehead atoms. The summed E-state index contributed by atoms with van der Waals surface area (Å²) in [5, 5.41) is 3.63. The fourth-order valence-corrected chi connectivity index (χ4v) is 2.91. The van der Waals surface area contributed by atoms with E-state index >= 15 is 0 Å². The molecule has 0 radical (unpaired) electrons. The summed E-state index contributed by atoms with van der Waals surface area (Å²) >= 11 is 0. The van der Waals surface area contributed by atoms with E-state index in [1.807, 2.05) is 7.05 Å². The molecule has 1 heterocycles. The van der Waals surface area contributed by atoms with Gasteiger partial charge in [0.2, 0.25) is 5.91 Å². The van der Waals surface area contributed by atoms with Gasteiger partial charge in [-0.2, -0.15) is 0 Å². The van der Waals surface area contributed by atoms with Crippen molar-refractivity contribution in [2.24, 2.45) is 5.92 Å². The van der Waals surface area contributed by atoms with E-state index in [4.69, 9.17) is 0 Å². The summed E-state index contributed by atoms with van der Waals surface area (Å²) in [6.45, 7) is 7.74. The number of nitrogens with zero attached hydrogens (tertiary/aromatic N) is 1. The third kappa shape index (κ3) is 3.04. The highest BCUT2D eigenvalue weighted by Gasteiger charge is 2.23. The molecule has 0 spiro atoms. The number of benzene rings is 1. The van der Waals surface area contributed by atoms with Gasteiger partial charge in [0.25, 0.3) is 0 Å². The van der Waals surface area contributed by atoms with Crippen LogP contribution in [0.4, 0.5) is 5.69 Å². The van der Waals surface area contributed by atoms with Crippen molar-refractivity contribution in [2.75, 3.05) is 18.5 Å². The Balaban J connectivity index is 2.27. The fraction of sp³-hybridized carbons (Fsp3) is 0.588. The van der Waals surface area contributed by atoms with Gasteiger partial charge in [-0.05, 0) is 42.5 Å². The first kappa shape index (κ1) is 15.0. The molecule has 1 atom stereocenters. The molecule has 3 nitrogen and oxygen atoms in total. The molecule has 0 aromatic heterocycles. The first-order valence-electron chi connectivity index (χ1n) is 7.67. The molecule has 1 unspecified atom stereocenters. The Hall–Kier alpha value is -1.35. The third-order valence-corrected chi connectivity index (χ3v) is 4.09. The van der Waals surface area contributed by atoms with Gasteiger partial charge in [-0.3, -0.25) is 4.79 Å². The lowest BCUT2D eigenvalue weighted by atomic mass is 9.91. The molecule has 0 fully saturated rings. The molecule has 0 saturated carbocycles. The Labute approximate surface area is 122 Å². The Morgan fingerprint density at radius 3 is 2.70 bits per heavy atom. The summed E-state index contributed by atoms with van der Waals surface area (Å²) in [6, 6.07) is 6.95. The average Bonchev–Trinajstić information content (AvgIpc) is 2.43. The zero-order valence-corrected chi connectivity index (χ0v) is 13.1. The molecule has 0 saturated heterocycles. The van der Waals surface area contributed by atoms with E-state index in [-0.39, 0.29) is 5.91 Å². The second-order valence-electron chi connectivity index (χ2n) is 6.02. The van der Waals surface area contributed by atoms with Gasteiger partial charge < -0.3 is 10.2 Å². The van der Waals surface area contributed by atoms with Crippen molar-refractivity contribution < 1.29 is 4.79 Å². The standard InChI is InChI=1S/C17H26N2O/c1-5-10-18-17(12(2)3)14-6-8-15-13(11-14)7-9-16(20)19(15)4/h6,8,11-12,17-18H,5,7,9-10H2,1-4H3. The van der Waals surface area contributed by atoms with Crippen LogP contribution in [-0.4, -0.2) is 19.5 Å². The average molecular weight is 274 g/mol. The van der Waals surface area contributed by atoms with Crippen LogP contribution in [0.2, 0.25) is 0 Å². The first-order chi connectivity index (χ1) is 9.54. The minimum atomic E-state index is 0.217. The quantitative estimate of drug-likeness (QED) is 0.893. The SMILES string of the molecule is CCCNC(c1ccc2c(c1)CCC(=O)N2C)C(C)C. The number of anilines is 1. The normalized spacial score (nSPS) is 16.4. The molecule has 1 amide bonds. The van der Waals surface area contributed by atoms with E-state index in [2.05, 4.69) is 44.3 Å². The lowest BCUT2D eigenvalue weighted by Crippen LogP contribution is -2.32. The van der Waals surface area contributed by atoms with E-state index in [0.717, 1.165) is 25.1 Å². The minimum Gasteiger partial charge on any atom is -0.315 e. The molecule has 1 N–H and O–H groups in total. The predicted molar refractivity (Wildman–Crippen MR) is 84.0 cm³/mol. The Bertz CT molecular complexity index is 482. The zero-order chi connectivity index (χ0) is 14.7. The number of carbonyl (C=O) groups excluding carboxylic acids is 1. The van der Waals surface area contributed by atoms with Crippen molar-refractivity contribution in [3.8, 4) is 0 Å². The number of nitrogens with one attached hydrogen (secondary N) is 1. The maximum atomic E-state index is 11.7. The van der Waals surface area contributed by atoms with Gasteiger partial charge >= 0.3 is 0 Å². The molecule has 20 heavy (non-hydrogen) atoms. The molecule has 3 heteroatoms. The van der Waals surface area contributed by atoms with Crippen LogP contribution in [0.3, 0.4) is 0 Å². The second-order valence-corrected chi connectivity index (χ2v) is 6.02. The maximum Gasteiger partial charge on any atom is 0.227 e. The highest BCUT2D eigenvalue weighted by Crippen LogP contribution is 2.31. The van der Waals surface area contributed by atoms with E-state index in [1.165, 1.54) is 11.1 Å². The summed E-state index contributed by atoms with van der Waals surface area (Å²) in [5.74, 6) is 0.775. The van der Waals surface area contributed by atoms with Gasteiger partial charge in [-0.1, -0.05) is 32.9 Å². The van der Waals surface area contributed by atoms with Crippen molar-refractivity contribution in [3.63, 3.8) is 0 Å². The summed E-state index contributed by atoms with van der Waals surface area (Å²) in [5.41, 5.74) is 3.71. The smallest absolute Gasteiger partial charge is 0.227 e. The maximum absolute atomic E-state index is 11.7. The Morgan fingerprint density at radius 1 is 1.30 bits per heavy atom. The molecular weight excluding hydrogens is 248 g/mol. The third-order valence-electron chi connectivity index (χ3n) is 4.09. The summed E-state index contributed by atoms with van der Waals surface area (Å²) in [6.07, 6.45) is 2.64. The van der Waals surface area contributed by atoms with E-state index in [9.17, 15) is 4.79 Å². The van der Waals surface area contributed by atoms with Crippen LogP contribution >= 0.6 is 0 Å². The van der Waals surface area contributed by atoms with E-state index < -0.39 is 0 Å². The number of aryl methyl sites for hydroxylation is 1. The molecule has 1 aliphatic rings. The second kappa shape index (κ2) is 6.40. The van der Waals surface area contributed by atoms with Crippen molar-refractivity contribution >= 4 is 11.6 Å². The van der Waals surface area contributed by atoms with Gasteiger partial charge in [0, 0.05) is 25.2 Å². The van der Waals surface area contributed by atoms with Crippen LogP contribution < -0.4 is 10.2 Å². The Kier molecular flexibility index (Phi) is 4.81. The van der Waals surface area contributed by atoms with Crippen LogP contribution in [0.5, 0.6) is 0 Å². The van der Waals surface area contributed by atoms with Gasteiger partial charge in [-0.25, -0.2) is 0 Å². The molecular formula is C17H26N2O. The molecule has 110 valence electrons. The summed E-state index contributed by atoms with van der Waals surface area (Å²) in [4.78, 5) is 13.5. The zero-order valence-electron chi connectivity index (χ0n) is 13.1. The number of hydrogen-bond acceptors (Lipinski definition) is 2. The monoisotopic (exact) mass is 274 g/mol. The van der Waals surface area contributed by atoms with Gasteiger partial charge in [0.15, 0.2) is 0 Å². The van der Waals surface area contributed by atoms with Crippen LogP contribution in [0.1, 0.15) is 50.8 Å². The van der Waals surface area contributed by atoms with Crippen molar-refractivity contribution in [1.82, 2.24) is 5.32 Å². The van der Waals surface area contributed by atoms with Crippen LogP contribution in [-0.2, 0) is 11.2 Å². The molecule has 1 aromatic carbocycles. The number of amides is 1. The number of rotatable bonds is 5. The Morgan fingerprint density at radius 2 is 2.05 bits per heavy atom. The van der Waals surface area contributed by atoms with Gasteiger partial charge in [-0.15, -0.1) is 0 Å². The summed E-state index contributed by atoms with van der Waals surface area (Å²) < 4.78 is 0. The lowest BCUT2D eigenvalue weighted by molar-refractivity contribution is -0.118. The first-order valence-corrected chi connectivity index (χ1v) is 7.67. The largest absolute Gasteiger partial charge is 0.315 e. The van der Waals surface area contributed by atoms with Crippen molar-refractivity contribution in [1.29, 1.82) is 0 Å². The number of carbonyl (C=O) groups is 1. The van der Waals surface area contributed by atoms with Crippen molar-refractivity contribution in [2.45, 2.75) is 46.1 Å². The number of fused-ring (bicyclic) bond motifs is 1. The molecule has 2 rings (SSSR count). The highest BCUT2D eigenvalue weighted by molar-refractivity contribution is 5.95. The summed E-state index contributed by atoms with van der Waals surface area (Å²) in [7, 11) is 1.87. The molecule has 0 aliphatic carbocycles. The van der Waals surface area contributed by atoms with E-state index in [0.29, 0.717) is 18.4 Å². The van der Waals surface area contributed by atoms with Crippen LogP contribution in [0, 0.1) is 5.92 Å². The lowest BCUT2D eigenvalue weighted by Gasteiger charge is -2.29. The van der Waals surface area contributed by atoms with Crippen LogP contribution in [0.25, 0.3) is 0 Å². The number of hydrogen-bond donors (Lipinski definition) is 1. The topological polar surface area (TPSA) is 32.3 Å². The minimum absolute atomic E-state index is 0.217. The van der Waals surface area contributed by atoms with Gasteiger partial charge in [0.05, 0.1) is 0 Å². The van der Waals surface area contributed by atoms with E-state index in [1.54, 1.807) is 4.90 Å². The molecule has 1 aliphatic heterocycles. The highest BCUT2D eigenvalue weighted by atomic mass is 16.2. The fourth-order valence-electron chi connectivity index (χ4n) is 2.91. The molecule has 1 aromatic rings. The van der Waals surface area contributed by atoms with Gasteiger partial charge in [0.1, 0.15) is 0 Å².